The van der Waals surface area contributed by atoms with Gasteiger partial charge in [0.05, 0.1) is 14.2 Å². The van der Waals surface area contributed by atoms with Gasteiger partial charge in [0, 0.05) is 13.1 Å². The summed E-state index contributed by atoms with van der Waals surface area (Å²) in [6.45, 7) is 9.17. The number of hydrogen-bond donors (Lipinski definition) is 2. The van der Waals surface area contributed by atoms with Crippen LogP contribution in [0.2, 0.25) is 0 Å². The number of nitrogens with one attached hydrogen (secondary N) is 2. The van der Waals surface area contributed by atoms with Gasteiger partial charge in [-0.1, -0.05) is 27.7 Å². The maximum absolute atomic E-state index is 12.6. The SMILES string of the molecule is COC1=C(NCC(C)C)C(=O)C(OC)=C(NCC(C)C)C1=O. The third kappa shape index (κ3) is 4.02. The molecule has 0 heterocycles. The number of carbonyl (C=O) groups is 2. The second kappa shape index (κ2) is 7.87. The first-order valence-electron chi connectivity index (χ1n) is 7.47. The minimum Gasteiger partial charge on any atom is -0.491 e. The molecule has 124 valence electrons. The van der Waals surface area contributed by atoms with Crippen LogP contribution in [0.25, 0.3) is 0 Å². The van der Waals surface area contributed by atoms with Gasteiger partial charge in [-0.3, -0.25) is 9.59 Å². The highest BCUT2D eigenvalue weighted by Gasteiger charge is 2.37. The molecule has 0 aromatic heterocycles. The first kappa shape index (κ1) is 18.1. The van der Waals surface area contributed by atoms with Crippen LogP contribution >= 0.6 is 0 Å². The lowest BCUT2D eigenvalue weighted by Gasteiger charge is -2.24. The Bertz CT molecular complexity index is 458. The Morgan fingerprint density at radius 3 is 1.32 bits per heavy atom. The first-order chi connectivity index (χ1) is 10.3. The monoisotopic (exact) mass is 310 g/mol. The third-order valence-electron chi connectivity index (χ3n) is 3.10. The molecule has 0 amide bonds. The van der Waals surface area contributed by atoms with Crippen molar-refractivity contribution >= 4 is 11.6 Å². The van der Waals surface area contributed by atoms with Crippen LogP contribution in [0.4, 0.5) is 0 Å². The van der Waals surface area contributed by atoms with Crippen molar-refractivity contribution in [1.82, 2.24) is 10.6 Å². The number of methoxy groups -OCH3 is 2. The lowest BCUT2D eigenvalue weighted by atomic mass is 10.0. The average molecular weight is 310 g/mol. The Kier molecular flexibility index (Phi) is 6.46. The van der Waals surface area contributed by atoms with E-state index >= 15 is 0 Å². The van der Waals surface area contributed by atoms with Crippen molar-refractivity contribution in [1.29, 1.82) is 0 Å². The van der Waals surface area contributed by atoms with Crippen LogP contribution in [0, 0.1) is 11.8 Å². The summed E-state index contributed by atoms with van der Waals surface area (Å²) in [6, 6.07) is 0. The number of ketones is 2. The molecule has 0 aliphatic heterocycles. The van der Waals surface area contributed by atoms with Crippen LogP contribution in [-0.2, 0) is 19.1 Å². The van der Waals surface area contributed by atoms with E-state index in [4.69, 9.17) is 9.47 Å². The molecule has 0 aromatic rings. The molecule has 0 saturated heterocycles. The number of Topliss-reactive ketones (excluding diaryl/α,β-unsaturated/α-hetero) is 2. The Labute approximate surface area is 131 Å². The molecule has 2 N–H and O–H groups in total. The van der Waals surface area contributed by atoms with Gasteiger partial charge in [-0.2, -0.15) is 0 Å². The largest absolute Gasteiger partial charge is 0.491 e. The van der Waals surface area contributed by atoms with E-state index in [-0.39, 0.29) is 34.5 Å². The lowest BCUT2D eigenvalue weighted by Crippen LogP contribution is -2.38. The van der Waals surface area contributed by atoms with Gasteiger partial charge < -0.3 is 20.1 Å². The zero-order valence-electron chi connectivity index (χ0n) is 14.2. The second-order valence-corrected chi connectivity index (χ2v) is 6.02. The highest BCUT2D eigenvalue weighted by Crippen LogP contribution is 2.23. The van der Waals surface area contributed by atoms with Crippen molar-refractivity contribution in [3.05, 3.63) is 22.9 Å². The van der Waals surface area contributed by atoms with Crippen LogP contribution in [0.15, 0.2) is 22.9 Å². The molecule has 1 rings (SSSR count). The van der Waals surface area contributed by atoms with E-state index in [1.54, 1.807) is 0 Å². The summed E-state index contributed by atoms with van der Waals surface area (Å²) in [5.74, 6) is -0.0417. The standard InChI is InChI=1S/C16H26N2O4/c1-9(2)7-17-11-13(19)16(22-6)12(18-8-10(3)4)14(20)15(11)21-5/h9-10,17-18H,7-8H2,1-6H3. The Morgan fingerprint density at radius 2 is 1.09 bits per heavy atom. The van der Waals surface area contributed by atoms with Crippen LogP contribution in [-0.4, -0.2) is 38.9 Å². The Hall–Kier alpha value is -1.98. The molecule has 6 heteroatoms. The topological polar surface area (TPSA) is 76.7 Å². The summed E-state index contributed by atoms with van der Waals surface area (Å²) in [4.78, 5) is 25.1. The summed E-state index contributed by atoms with van der Waals surface area (Å²) < 4.78 is 10.3. The number of rotatable bonds is 8. The normalized spacial score (nSPS) is 15.8. The zero-order valence-corrected chi connectivity index (χ0v) is 14.2. The summed E-state index contributed by atoms with van der Waals surface area (Å²) in [5.41, 5.74) is 0.321. The molecule has 0 unspecified atom stereocenters. The van der Waals surface area contributed by atoms with Crippen LogP contribution in [0.5, 0.6) is 0 Å². The Balaban J connectivity index is 3.15. The maximum atomic E-state index is 12.6. The van der Waals surface area contributed by atoms with Crippen molar-refractivity contribution in [2.75, 3.05) is 27.3 Å². The van der Waals surface area contributed by atoms with Gasteiger partial charge in [-0.25, -0.2) is 0 Å². The summed E-state index contributed by atoms with van der Waals surface area (Å²) in [7, 11) is 2.77. The molecule has 0 atom stereocenters. The van der Waals surface area contributed by atoms with Gasteiger partial charge in [-0.15, -0.1) is 0 Å². The van der Waals surface area contributed by atoms with Crippen LogP contribution < -0.4 is 10.6 Å². The molecule has 0 fully saturated rings. The lowest BCUT2D eigenvalue weighted by molar-refractivity contribution is -0.121. The highest BCUT2D eigenvalue weighted by atomic mass is 16.5. The molecule has 0 aromatic carbocycles. The van der Waals surface area contributed by atoms with E-state index in [9.17, 15) is 9.59 Å². The van der Waals surface area contributed by atoms with Gasteiger partial charge >= 0.3 is 0 Å². The predicted octanol–water partition coefficient (Wildman–Crippen LogP) is 1.35. The van der Waals surface area contributed by atoms with E-state index < -0.39 is 0 Å². The number of carbonyl (C=O) groups excluding carboxylic acids is 2. The molecule has 1 aliphatic carbocycles. The fourth-order valence-corrected chi connectivity index (χ4v) is 1.98. The van der Waals surface area contributed by atoms with Gasteiger partial charge in [0.2, 0.25) is 11.6 Å². The quantitative estimate of drug-likeness (QED) is 0.659. The fourth-order valence-electron chi connectivity index (χ4n) is 1.98. The van der Waals surface area contributed by atoms with E-state index in [2.05, 4.69) is 10.6 Å². The Morgan fingerprint density at radius 1 is 0.773 bits per heavy atom. The number of ether oxygens (including phenoxy) is 2. The molecular weight excluding hydrogens is 284 g/mol. The third-order valence-corrected chi connectivity index (χ3v) is 3.10. The van der Waals surface area contributed by atoms with Crippen LogP contribution in [0.3, 0.4) is 0 Å². The van der Waals surface area contributed by atoms with E-state index in [0.29, 0.717) is 24.9 Å². The minimum absolute atomic E-state index is 0.0257. The summed E-state index contributed by atoms with van der Waals surface area (Å²) >= 11 is 0. The maximum Gasteiger partial charge on any atom is 0.249 e. The molecule has 0 radical (unpaired) electrons. The molecule has 6 nitrogen and oxygen atoms in total. The van der Waals surface area contributed by atoms with Gasteiger partial charge in [0.1, 0.15) is 11.4 Å². The zero-order chi connectivity index (χ0) is 16.9. The summed E-state index contributed by atoms with van der Waals surface area (Å²) in [6.07, 6.45) is 0. The highest BCUT2D eigenvalue weighted by molar-refractivity contribution is 6.23. The fraction of sp³-hybridized carbons (Fsp3) is 0.625. The van der Waals surface area contributed by atoms with Gasteiger partial charge in [0.15, 0.2) is 11.5 Å². The minimum atomic E-state index is -0.370. The van der Waals surface area contributed by atoms with Crippen molar-refractivity contribution < 1.29 is 19.1 Å². The molecule has 0 spiro atoms. The van der Waals surface area contributed by atoms with E-state index in [1.165, 1.54) is 14.2 Å². The molecule has 0 saturated carbocycles. The van der Waals surface area contributed by atoms with Crippen molar-refractivity contribution in [3.63, 3.8) is 0 Å². The van der Waals surface area contributed by atoms with Gasteiger partial charge in [-0.05, 0) is 11.8 Å². The van der Waals surface area contributed by atoms with E-state index in [0.717, 1.165) is 0 Å². The molecule has 22 heavy (non-hydrogen) atoms. The predicted molar refractivity (Wildman–Crippen MR) is 83.8 cm³/mol. The van der Waals surface area contributed by atoms with E-state index in [1.807, 2.05) is 27.7 Å². The van der Waals surface area contributed by atoms with Crippen molar-refractivity contribution in [2.24, 2.45) is 11.8 Å². The molecule has 1 aliphatic rings. The van der Waals surface area contributed by atoms with Crippen molar-refractivity contribution in [2.45, 2.75) is 27.7 Å². The number of hydrogen-bond acceptors (Lipinski definition) is 6. The molecule has 0 bridgehead atoms. The smallest absolute Gasteiger partial charge is 0.249 e. The van der Waals surface area contributed by atoms with Crippen molar-refractivity contribution in [3.8, 4) is 0 Å². The van der Waals surface area contributed by atoms with Crippen LogP contribution in [0.1, 0.15) is 27.7 Å². The summed E-state index contributed by atoms with van der Waals surface area (Å²) in [5, 5.41) is 5.99. The second-order valence-electron chi connectivity index (χ2n) is 6.02. The molecular formula is C16H26N2O4. The average Bonchev–Trinajstić information content (AvgIpc) is 2.45. The first-order valence-corrected chi connectivity index (χ1v) is 7.47. The van der Waals surface area contributed by atoms with Gasteiger partial charge in [0.25, 0.3) is 0 Å².